The summed E-state index contributed by atoms with van der Waals surface area (Å²) in [6, 6.07) is 0.460. The Labute approximate surface area is 131 Å². The third-order valence-electron chi connectivity index (χ3n) is 5.75. The van der Waals surface area contributed by atoms with Crippen molar-refractivity contribution in [3.05, 3.63) is 0 Å². The molecule has 6 atom stereocenters. The summed E-state index contributed by atoms with van der Waals surface area (Å²) in [5, 5.41) is 3.78. The second-order valence-electron chi connectivity index (χ2n) is 8.34. The molecule has 0 saturated carbocycles. The number of nitrogens with one attached hydrogen (secondary N) is 1. The van der Waals surface area contributed by atoms with Crippen LogP contribution in [0.1, 0.15) is 61.8 Å². The van der Waals surface area contributed by atoms with E-state index >= 15 is 0 Å². The van der Waals surface area contributed by atoms with Crippen molar-refractivity contribution in [2.75, 3.05) is 6.54 Å². The largest absolute Gasteiger partial charge is 0.375 e. The van der Waals surface area contributed by atoms with Crippen molar-refractivity contribution in [3.63, 3.8) is 0 Å². The van der Waals surface area contributed by atoms with Crippen molar-refractivity contribution in [3.8, 4) is 0 Å². The average Bonchev–Trinajstić information content (AvgIpc) is 2.70. The molecular formula is C18H35NO2. The molecule has 0 aromatic rings. The van der Waals surface area contributed by atoms with Crippen LogP contribution in [0.5, 0.6) is 0 Å². The van der Waals surface area contributed by atoms with Gasteiger partial charge in [-0.15, -0.1) is 0 Å². The molecule has 0 amide bonds. The number of rotatable bonds is 4. The van der Waals surface area contributed by atoms with E-state index in [4.69, 9.17) is 9.47 Å². The van der Waals surface area contributed by atoms with Crippen LogP contribution >= 0.6 is 0 Å². The third kappa shape index (κ3) is 3.30. The SMILES string of the molecule is CCNC(C1C(C)OC(C)C1C)C1CC(C)(C)OC1(C)C. The van der Waals surface area contributed by atoms with Gasteiger partial charge in [-0.05, 0) is 60.4 Å². The summed E-state index contributed by atoms with van der Waals surface area (Å²) in [4.78, 5) is 0. The van der Waals surface area contributed by atoms with E-state index < -0.39 is 0 Å². The van der Waals surface area contributed by atoms with Gasteiger partial charge >= 0.3 is 0 Å². The van der Waals surface area contributed by atoms with Gasteiger partial charge in [0.05, 0.1) is 23.4 Å². The minimum Gasteiger partial charge on any atom is -0.375 e. The normalized spacial score (nSPS) is 43.1. The van der Waals surface area contributed by atoms with Crippen LogP contribution < -0.4 is 5.32 Å². The molecule has 2 aliphatic rings. The van der Waals surface area contributed by atoms with Crippen LogP contribution in [-0.4, -0.2) is 36.0 Å². The molecule has 0 bridgehead atoms. The average molecular weight is 297 g/mol. The van der Waals surface area contributed by atoms with Gasteiger partial charge in [-0.1, -0.05) is 13.8 Å². The predicted molar refractivity (Wildman–Crippen MR) is 87.5 cm³/mol. The second kappa shape index (κ2) is 5.82. The first-order chi connectivity index (χ1) is 9.59. The van der Waals surface area contributed by atoms with E-state index in [1.54, 1.807) is 0 Å². The molecule has 0 spiro atoms. The fourth-order valence-electron chi connectivity index (χ4n) is 4.86. The van der Waals surface area contributed by atoms with Crippen LogP contribution in [-0.2, 0) is 9.47 Å². The maximum absolute atomic E-state index is 6.35. The molecule has 3 nitrogen and oxygen atoms in total. The van der Waals surface area contributed by atoms with Crippen LogP contribution in [0.3, 0.4) is 0 Å². The summed E-state index contributed by atoms with van der Waals surface area (Å²) in [6.07, 6.45) is 1.78. The minimum atomic E-state index is -0.0817. The number of hydrogen-bond acceptors (Lipinski definition) is 3. The maximum Gasteiger partial charge on any atom is 0.0677 e. The number of ether oxygens (including phenoxy) is 2. The van der Waals surface area contributed by atoms with E-state index in [0.29, 0.717) is 36.0 Å². The first-order valence-corrected chi connectivity index (χ1v) is 8.68. The van der Waals surface area contributed by atoms with Gasteiger partial charge in [0.1, 0.15) is 0 Å². The highest BCUT2D eigenvalue weighted by Gasteiger charge is 2.53. The summed E-state index contributed by atoms with van der Waals surface area (Å²) in [7, 11) is 0. The van der Waals surface area contributed by atoms with Crippen molar-refractivity contribution in [1.82, 2.24) is 5.32 Å². The summed E-state index contributed by atoms with van der Waals surface area (Å²) in [5.41, 5.74) is -0.110. The highest BCUT2D eigenvalue weighted by molar-refractivity contribution is 5.04. The first-order valence-electron chi connectivity index (χ1n) is 8.68. The van der Waals surface area contributed by atoms with Crippen LogP contribution in [0.25, 0.3) is 0 Å². The Morgan fingerprint density at radius 2 is 1.71 bits per heavy atom. The Morgan fingerprint density at radius 1 is 1.10 bits per heavy atom. The van der Waals surface area contributed by atoms with E-state index in [2.05, 4.69) is 60.7 Å². The second-order valence-corrected chi connectivity index (χ2v) is 8.34. The lowest BCUT2D eigenvalue weighted by atomic mass is 9.71. The van der Waals surface area contributed by atoms with Gasteiger partial charge in [-0.2, -0.15) is 0 Å². The van der Waals surface area contributed by atoms with E-state index in [9.17, 15) is 0 Å². The number of hydrogen-bond donors (Lipinski definition) is 1. The lowest BCUT2D eigenvalue weighted by Crippen LogP contribution is -2.51. The lowest BCUT2D eigenvalue weighted by molar-refractivity contribution is -0.0809. The lowest BCUT2D eigenvalue weighted by Gasteiger charge is -2.39. The third-order valence-corrected chi connectivity index (χ3v) is 5.75. The Bertz CT molecular complexity index is 366. The highest BCUT2D eigenvalue weighted by Crippen LogP contribution is 2.48. The Morgan fingerprint density at radius 3 is 2.10 bits per heavy atom. The van der Waals surface area contributed by atoms with E-state index in [0.717, 1.165) is 13.0 Å². The molecule has 1 N–H and O–H groups in total. The molecule has 2 rings (SSSR count). The van der Waals surface area contributed by atoms with Crippen LogP contribution in [0.15, 0.2) is 0 Å². The smallest absolute Gasteiger partial charge is 0.0677 e. The van der Waals surface area contributed by atoms with Crippen LogP contribution in [0.4, 0.5) is 0 Å². The molecule has 21 heavy (non-hydrogen) atoms. The van der Waals surface area contributed by atoms with Gasteiger partial charge in [0.25, 0.3) is 0 Å². The molecule has 3 heteroatoms. The quantitative estimate of drug-likeness (QED) is 0.860. The van der Waals surface area contributed by atoms with Crippen molar-refractivity contribution >= 4 is 0 Å². The molecule has 6 unspecified atom stereocenters. The highest BCUT2D eigenvalue weighted by atomic mass is 16.5. The molecule has 2 heterocycles. The Hall–Kier alpha value is -0.120. The van der Waals surface area contributed by atoms with Gasteiger partial charge in [-0.25, -0.2) is 0 Å². The van der Waals surface area contributed by atoms with Crippen LogP contribution in [0, 0.1) is 17.8 Å². The van der Waals surface area contributed by atoms with E-state index in [1.807, 2.05) is 0 Å². The fourth-order valence-corrected chi connectivity index (χ4v) is 4.86. The molecule has 0 radical (unpaired) electrons. The molecule has 2 fully saturated rings. The summed E-state index contributed by atoms with van der Waals surface area (Å²) < 4.78 is 12.5. The Kier molecular flexibility index (Phi) is 4.78. The molecule has 2 saturated heterocycles. The topological polar surface area (TPSA) is 30.5 Å². The summed E-state index contributed by atoms with van der Waals surface area (Å²) >= 11 is 0. The zero-order valence-corrected chi connectivity index (χ0v) is 15.2. The zero-order valence-electron chi connectivity index (χ0n) is 15.2. The standard InChI is InChI=1S/C18H35NO2/c1-9-19-16(15-11(2)12(3)20-13(15)4)14-10-17(5,6)21-18(14,7)8/h11-16,19H,9-10H2,1-8H3. The molecule has 2 aliphatic heterocycles. The van der Waals surface area contributed by atoms with Gasteiger partial charge < -0.3 is 14.8 Å². The molecule has 124 valence electrons. The fraction of sp³-hybridized carbons (Fsp3) is 1.00. The molecule has 0 aromatic heterocycles. The van der Waals surface area contributed by atoms with Gasteiger partial charge in [0.2, 0.25) is 0 Å². The van der Waals surface area contributed by atoms with E-state index in [-0.39, 0.29) is 11.2 Å². The molecule has 0 aromatic carbocycles. The Balaban J connectivity index is 2.27. The molecular weight excluding hydrogens is 262 g/mol. The van der Waals surface area contributed by atoms with Gasteiger partial charge in [0, 0.05) is 17.9 Å². The van der Waals surface area contributed by atoms with Crippen molar-refractivity contribution in [1.29, 1.82) is 0 Å². The summed E-state index contributed by atoms with van der Waals surface area (Å²) in [6.45, 7) is 19.0. The van der Waals surface area contributed by atoms with Crippen molar-refractivity contribution in [2.45, 2.75) is 91.3 Å². The monoisotopic (exact) mass is 297 g/mol. The molecule has 0 aliphatic carbocycles. The van der Waals surface area contributed by atoms with Crippen molar-refractivity contribution in [2.24, 2.45) is 17.8 Å². The minimum absolute atomic E-state index is 0.0284. The maximum atomic E-state index is 6.35. The zero-order chi connectivity index (χ0) is 16.0. The van der Waals surface area contributed by atoms with E-state index in [1.165, 1.54) is 0 Å². The van der Waals surface area contributed by atoms with Gasteiger partial charge in [-0.3, -0.25) is 0 Å². The van der Waals surface area contributed by atoms with Crippen molar-refractivity contribution < 1.29 is 9.47 Å². The first kappa shape index (κ1) is 17.2. The predicted octanol–water partition coefficient (Wildman–Crippen LogP) is 3.62. The summed E-state index contributed by atoms with van der Waals surface area (Å²) in [5.74, 6) is 1.67. The van der Waals surface area contributed by atoms with Crippen LogP contribution in [0.2, 0.25) is 0 Å². The van der Waals surface area contributed by atoms with Gasteiger partial charge in [0.15, 0.2) is 0 Å².